The third kappa shape index (κ3) is 4.00. The Labute approximate surface area is 136 Å². The molecule has 0 bridgehead atoms. The maximum Gasteiger partial charge on any atom is 0.0677 e. The van der Waals surface area contributed by atoms with Crippen molar-refractivity contribution in [1.82, 2.24) is 15.1 Å². The zero-order valence-electron chi connectivity index (χ0n) is 12.9. The molecule has 114 valence electrons. The Hall–Kier alpha value is -1.03. The van der Waals surface area contributed by atoms with Gasteiger partial charge in [-0.3, -0.25) is 4.68 Å². The second-order valence-electron chi connectivity index (χ2n) is 5.58. The largest absolute Gasteiger partial charge is 0.310 e. The quantitative estimate of drug-likeness (QED) is 0.885. The molecule has 0 spiro atoms. The van der Waals surface area contributed by atoms with Gasteiger partial charge in [0.1, 0.15) is 0 Å². The molecule has 0 aliphatic rings. The van der Waals surface area contributed by atoms with E-state index in [1.807, 2.05) is 23.7 Å². The van der Waals surface area contributed by atoms with Gasteiger partial charge in [-0.1, -0.05) is 43.1 Å². The van der Waals surface area contributed by atoms with Crippen molar-refractivity contribution in [1.29, 1.82) is 0 Å². The zero-order chi connectivity index (χ0) is 15.6. The number of benzene rings is 1. The van der Waals surface area contributed by atoms with E-state index in [2.05, 4.69) is 31.2 Å². The van der Waals surface area contributed by atoms with Gasteiger partial charge in [-0.15, -0.1) is 0 Å². The Balaban J connectivity index is 2.23. The molecule has 0 aliphatic heterocycles. The molecule has 3 nitrogen and oxygen atoms in total. The lowest BCUT2D eigenvalue weighted by molar-refractivity contribution is 0.584. The van der Waals surface area contributed by atoms with Crippen LogP contribution in [0.3, 0.4) is 0 Å². The minimum absolute atomic E-state index is 0.456. The maximum absolute atomic E-state index is 6.24. The van der Waals surface area contributed by atoms with Crippen LogP contribution in [0.4, 0.5) is 0 Å². The first-order valence-corrected chi connectivity index (χ1v) is 7.84. The SMILES string of the molecule is Cc1nn(Cc2ccc(Cl)cc2Cl)c(C)c1CNC(C)C. The van der Waals surface area contributed by atoms with Crippen LogP contribution in [0.5, 0.6) is 0 Å². The van der Waals surface area contributed by atoms with E-state index in [-0.39, 0.29) is 0 Å². The van der Waals surface area contributed by atoms with Crippen LogP contribution in [0.2, 0.25) is 10.0 Å². The number of hydrogen-bond donors (Lipinski definition) is 1. The fraction of sp³-hybridized carbons (Fsp3) is 0.438. The molecule has 2 rings (SSSR count). The Kier molecular flexibility index (Phi) is 5.31. The highest BCUT2D eigenvalue weighted by Crippen LogP contribution is 2.23. The number of rotatable bonds is 5. The van der Waals surface area contributed by atoms with Crippen molar-refractivity contribution in [2.75, 3.05) is 0 Å². The van der Waals surface area contributed by atoms with E-state index in [0.717, 1.165) is 17.8 Å². The standard InChI is InChI=1S/C16H21Cl2N3/c1-10(2)19-8-15-11(3)20-21(12(15)4)9-13-5-6-14(17)7-16(13)18/h5-7,10,19H,8-9H2,1-4H3. The third-order valence-electron chi connectivity index (χ3n) is 3.55. The summed E-state index contributed by atoms with van der Waals surface area (Å²) in [5.74, 6) is 0. The van der Waals surface area contributed by atoms with Gasteiger partial charge in [0.2, 0.25) is 0 Å². The molecule has 0 unspecified atom stereocenters. The van der Waals surface area contributed by atoms with Gasteiger partial charge in [0.05, 0.1) is 12.2 Å². The molecule has 0 amide bonds. The van der Waals surface area contributed by atoms with Crippen molar-refractivity contribution in [3.05, 3.63) is 50.8 Å². The second-order valence-corrected chi connectivity index (χ2v) is 6.42. The summed E-state index contributed by atoms with van der Waals surface area (Å²) in [7, 11) is 0. The molecular formula is C16H21Cl2N3. The molecule has 0 fully saturated rings. The number of aryl methyl sites for hydroxylation is 1. The van der Waals surface area contributed by atoms with E-state index in [4.69, 9.17) is 23.2 Å². The van der Waals surface area contributed by atoms with Gasteiger partial charge in [0, 0.05) is 33.9 Å². The summed E-state index contributed by atoms with van der Waals surface area (Å²) < 4.78 is 2.00. The van der Waals surface area contributed by atoms with Crippen LogP contribution in [-0.2, 0) is 13.1 Å². The Bertz CT molecular complexity index is 633. The van der Waals surface area contributed by atoms with Crippen LogP contribution < -0.4 is 5.32 Å². The minimum Gasteiger partial charge on any atom is -0.310 e. The Morgan fingerprint density at radius 1 is 1.24 bits per heavy atom. The monoisotopic (exact) mass is 325 g/mol. The van der Waals surface area contributed by atoms with Crippen molar-refractivity contribution in [3.8, 4) is 0 Å². The van der Waals surface area contributed by atoms with E-state index in [1.54, 1.807) is 6.07 Å². The third-order valence-corrected chi connectivity index (χ3v) is 4.14. The highest BCUT2D eigenvalue weighted by molar-refractivity contribution is 6.35. The lowest BCUT2D eigenvalue weighted by atomic mass is 10.2. The lowest BCUT2D eigenvalue weighted by Crippen LogP contribution is -2.22. The molecule has 0 aliphatic carbocycles. The van der Waals surface area contributed by atoms with Gasteiger partial charge in [-0.2, -0.15) is 5.10 Å². The predicted molar refractivity (Wildman–Crippen MR) is 89.2 cm³/mol. The molecule has 1 N–H and O–H groups in total. The highest BCUT2D eigenvalue weighted by atomic mass is 35.5. The fourth-order valence-electron chi connectivity index (χ4n) is 2.26. The fourth-order valence-corrected chi connectivity index (χ4v) is 2.73. The van der Waals surface area contributed by atoms with Crippen LogP contribution in [0.15, 0.2) is 18.2 Å². The first-order chi connectivity index (χ1) is 9.88. The van der Waals surface area contributed by atoms with Crippen molar-refractivity contribution >= 4 is 23.2 Å². The normalized spacial score (nSPS) is 11.4. The summed E-state index contributed by atoms with van der Waals surface area (Å²) >= 11 is 12.2. The first kappa shape index (κ1) is 16.3. The topological polar surface area (TPSA) is 29.9 Å². The molecular weight excluding hydrogens is 305 g/mol. The Morgan fingerprint density at radius 3 is 2.57 bits per heavy atom. The number of hydrogen-bond acceptors (Lipinski definition) is 2. The van der Waals surface area contributed by atoms with E-state index in [0.29, 0.717) is 22.6 Å². The van der Waals surface area contributed by atoms with Crippen molar-refractivity contribution in [3.63, 3.8) is 0 Å². The molecule has 0 saturated carbocycles. The number of halogens is 2. The van der Waals surface area contributed by atoms with Gasteiger partial charge < -0.3 is 5.32 Å². The summed E-state index contributed by atoms with van der Waals surface area (Å²) in [5, 5.41) is 9.40. The second kappa shape index (κ2) is 6.82. The van der Waals surface area contributed by atoms with Crippen LogP contribution in [0, 0.1) is 13.8 Å². The highest BCUT2D eigenvalue weighted by Gasteiger charge is 2.13. The molecule has 1 aromatic heterocycles. The summed E-state index contributed by atoms with van der Waals surface area (Å²) in [5.41, 5.74) is 4.52. The smallest absolute Gasteiger partial charge is 0.0677 e. The molecule has 2 aromatic rings. The predicted octanol–water partition coefficient (Wildman–Crippen LogP) is 4.35. The number of nitrogens with one attached hydrogen (secondary N) is 1. The van der Waals surface area contributed by atoms with Gasteiger partial charge in [-0.05, 0) is 31.5 Å². The number of nitrogens with zero attached hydrogens (tertiary/aromatic N) is 2. The zero-order valence-corrected chi connectivity index (χ0v) is 14.4. The summed E-state index contributed by atoms with van der Waals surface area (Å²) in [4.78, 5) is 0. The van der Waals surface area contributed by atoms with Crippen LogP contribution in [0.25, 0.3) is 0 Å². The summed E-state index contributed by atoms with van der Waals surface area (Å²) in [6.45, 7) is 9.92. The van der Waals surface area contributed by atoms with E-state index in [1.165, 1.54) is 11.3 Å². The van der Waals surface area contributed by atoms with Crippen molar-refractivity contribution < 1.29 is 0 Å². The lowest BCUT2D eigenvalue weighted by Gasteiger charge is -2.10. The maximum atomic E-state index is 6.24. The van der Waals surface area contributed by atoms with Gasteiger partial charge in [-0.25, -0.2) is 0 Å². The van der Waals surface area contributed by atoms with Crippen molar-refractivity contribution in [2.24, 2.45) is 0 Å². The van der Waals surface area contributed by atoms with E-state index in [9.17, 15) is 0 Å². The van der Waals surface area contributed by atoms with Crippen LogP contribution >= 0.6 is 23.2 Å². The van der Waals surface area contributed by atoms with Crippen molar-refractivity contribution in [2.45, 2.75) is 46.8 Å². The average Bonchev–Trinajstić information content (AvgIpc) is 2.65. The first-order valence-electron chi connectivity index (χ1n) is 7.08. The molecule has 0 radical (unpaired) electrons. The Morgan fingerprint density at radius 2 is 1.95 bits per heavy atom. The average molecular weight is 326 g/mol. The molecule has 0 saturated heterocycles. The minimum atomic E-state index is 0.456. The number of aromatic nitrogens is 2. The van der Waals surface area contributed by atoms with E-state index < -0.39 is 0 Å². The molecule has 21 heavy (non-hydrogen) atoms. The summed E-state index contributed by atoms with van der Waals surface area (Å²) in [6.07, 6.45) is 0. The molecule has 1 aromatic carbocycles. The van der Waals surface area contributed by atoms with Gasteiger partial charge in [0.25, 0.3) is 0 Å². The van der Waals surface area contributed by atoms with Gasteiger partial charge >= 0.3 is 0 Å². The van der Waals surface area contributed by atoms with Crippen LogP contribution in [0.1, 0.15) is 36.4 Å². The van der Waals surface area contributed by atoms with E-state index >= 15 is 0 Å². The van der Waals surface area contributed by atoms with Crippen LogP contribution in [-0.4, -0.2) is 15.8 Å². The molecule has 0 atom stereocenters. The molecule has 5 heteroatoms. The van der Waals surface area contributed by atoms with Gasteiger partial charge in [0.15, 0.2) is 0 Å². The molecule has 1 heterocycles. The summed E-state index contributed by atoms with van der Waals surface area (Å²) in [6, 6.07) is 6.03.